The van der Waals surface area contributed by atoms with E-state index in [-0.39, 0.29) is 0 Å². The SMILES string of the molecule is C=C(CC)NCC(CC)CCC. The van der Waals surface area contributed by atoms with Gasteiger partial charge in [-0.05, 0) is 18.8 Å². The fourth-order valence-corrected chi connectivity index (χ4v) is 1.27. The first kappa shape index (κ1) is 11.5. The van der Waals surface area contributed by atoms with Gasteiger partial charge in [0.05, 0.1) is 0 Å². The van der Waals surface area contributed by atoms with E-state index in [4.69, 9.17) is 0 Å². The van der Waals surface area contributed by atoms with Crippen molar-refractivity contribution in [2.24, 2.45) is 5.92 Å². The molecule has 1 heteroatoms. The Labute approximate surface area is 77.2 Å². The second-order valence-corrected chi connectivity index (χ2v) is 3.40. The number of allylic oxidation sites excluding steroid dienone is 1. The first-order valence-corrected chi connectivity index (χ1v) is 5.16. The molecule has 0 bridgehead atoms. The van der Waals surface area contributed by atoms with Crippen molar-refractivity contribution in [2.45, 2.75) is 46.5 Å². The molecule has 0 saturated heterocycles. The minimum absolute atomic E-state index is 0.832. The van der Waals surface area contributed by atoms with Crippen molar-refractivity contribution in [2.75, 3.05) is 6.54 Å². The topological polar surface area (TPSA) is 12.0 Å². The monoisotopic (exact) mass is 169 g/mol. The first-order valence-electron chi connectivity index (χ1n) is 5.16. The van der Waals surface area contributed by atoms with E-state index in [1.54, 1.807) is 0 Å². The highest BCUT2D eigenvalue weighted by Gasteiger charge is 2.03. The van der Waals surface area contributed by atoms with E-state index in [9.17, 15) is 0 Å². The Kier molecular flexibility index (Phi) is 6.93. The first-order chi connectivity index (χ1) is 5.74. The zero-order chi connectivity index (χ0) is 9.40. The van der Waals surface area contributed by atoms with E-state index in [1.165, 1.54) is 25.0 Å². The summed E-state index contributed by atoms with van der Waals surface area (Å²) in [6.07, 6.45) is 4.94. The smallest absolute Gasteiger partial charge is 0.0172 e. The molecule has 72 valence electrons. The molecule has 0 aromatic heterocycles. The van der Waals surface area contributed by atoms with Crippen molar-refractivity contribution in [3.8, 4) is 0 Å². The Hall–Kier alpha value is -0.460. The molecule has 0 aromatic carbocycles. The van der Waals surface area contributed by atoms with Crippen LogP contribution in [0.3, 0.4) is 0 Å². The number of hydrogen-bond acceptors (Lipinski definition) is 1. The molecule has 1 nitrogen and oxygen atoms in total. The highest BCUT2D eigenvalue weighted by Crippen LogP contribution is 2.09. The molecule has 0 amide bonds. The van der Waals surface area contributed by atoms with Gasteiger partial charge in [0, 0.05) is 12.2 Å². The van der Waals surface area contributed by atoms with Gasteiger partial charge in [-0.2, -0.15) is 0 Å². The van der Waals surface area contributed by atoms with E-state index in [2.05, 4.69) is 32.7 Å². The summed E-state index contributed by atoms with van der Waals surface area (Å²) < 4.78 is 0. The summed E-state index contributed by atoms with van der Waals surface area (Å²) in [5.41, 5.74) is 1.17. The average molecular weight is 169 g/mol. The molecule has 0 aliphatic heterocycles. The molecule has 0 heterocycles. The van der Waals surface area contributed by atoms with Gasteiger partial charge in [0.15, 0.2) is 0 Å². The van der Waals surface area contributed by atoms with Crippen LogP contribution >= 0.6 is 0 Å². The van der Waals surface area contributed by atoms with E-state index >= 15 is 0 Å². The van der Waals surface area contributed by atoms with Gasteiger partial charge in [-0.15, -0.1) is 0 Å². The molecule has 0 fully saturated rings. The van der Waals surface area contributed by atoms with E-state index in [1.807, 2.05) is 0 Å². The summed E-state index contributed by atoms with van der Waals surface area (Å²) in [5, 5.41) is 3.37. The number of hydrogen-bond donors (Lipinski definition) is 1. The highest BCUT2D eigenvalue weighted by atomic mass is 14.9. The summed E-state index contributed by atoms with van der Waals surface area (Å²) >= 11 is 0. The van der Waals surface area contributed by atoms with Crippen LogP contribution < -0.4 is 5.32 Å². The minimum Gasteiger partial charge on any atom is -0.389 e. The van der Waals surface area contributed by atoms with Crippen LogP contribution in [0, 0.1) is 5.92 Å². The van der Waals surface area contributed by atoms with Crippen LogP contribution in [-0.2, 0) is 0 Å². The Bertz CT molecular complexity index is 118. The normalized spacial score (nSPS) is 12.6. The number of rotatable bonds is 7. The molecule has 0 spiro atoms. The van der Waals surface area contributed by atoms with Gasteiger partial charge >= 0.3 is 0 Å². The third-order valence-electron chi connectivity index (χ3n) is 2.34. The average Bonchev–Trinajstić information content (AvgIpc) is 2.11. The molecule has 1 unspecified atom stereocenters. The van der Waals surface area contributed by atoms with Gasteiger partial charge < -0.3 is 5.32 Å². The predicted octanol–water partition coefficient (Wildman–Crippen LogP) is 3.33. The lowest BCUT2D eigenvalue weighted by Gasteiger charge is -2.16. The van der Waals surface area contributed by atoms with Crippen LogP contribution in [0.5, 0.6) is 0 Å². The summed E-state index contributed by atoms with van der Waals surface area (Å²) in [7, 11) is 0. The van der Waals surface area contributed by atoms with Crippen LogP contribution in [0.25, 0.3) is 0 Å². The fraction of sp³-hybridized carbons (Fsp3) is 0.818. The molecule has 0 aliphatic carbocycles. The van der Waals surface area contributed by atoms with Crippen molar-refractivity contribution in [1.82, 2.24) is 5.32 Å². The quantitative estimate of drug-likeness (QED) is 0.616. The molecular formula is C11H23N. The maximum absolute atomic E-state index is 3.93. The second kappa shape index (κ2) is 7.20. The summed E-state index contributed by atoms with van der Waals surface area (Å²) in [5.74, 6) is 0.832. The summed E-state index contributed by atoms with van der Waals surface area (Å²) in [4.78, 5) is 0. The van der Waals surface area contributed by atoms with Crippen LogP contribution in [0.1, 0.15) is 46.5 Å². The van der Waals surface area contributed by atoms with E-state index in [0.717, 1.165) is 18.9 Å². The summed E-state index contributed by atoms with van der Waals surface area (Å²) in [6, 6.07) is 0. The van der Waals surface area contributed by atoms with Crippen molar-refractivity contribution < 1.29 is 0 Å². The van der Waals surface area contributed by atoms with Crippen LogP contribution in [0.15, 0.2) is 12.3 Å². The van der Waals surface area contributed by atoms with Crippen LogP contribution in [0.2, 0.25) is 0 Å². The highest BCUT2D eigenvalue weighted by molar-refractivity contribution is 4.89. The molecule has 12 heavy (non-hydrogen) atoms. The molecule has 0 radical (unpaired) electrons. The molecule has 0 rings (SSSR count). The van der Waals surface area contributed by atoms with Crippen LogP contribution in [-0.4, -0.2) is 6.54 Å². The lowest BCUT2D eigenvalue weighted by atomic mass is 10.0. The van der Waals surface area contributed by atoms with Crippen LogP contribution in [0.4, 0.5) is 0 Å². The van der Waals surface area contributed by atoms with Crippen molar-refractivity contribution in [3.05, 3.63) is 12.3 Å². The second-order valence-electron chi connectivity index (χ2n) is 3.40. The van der Waals surface area contributed by atoms with Crippen molar-refractivity contribution in [3.63, 3.8) is 0 Å². The Morgan fingerprint density at radius 2 is 2.00 bits per heavy atom. The standard InChI is InChI=1S/C11H23N/c1-5-8-11(7-3)9-12-10(4)6-2/h11-12H,4-9H2,1-3H3. The molecule has 0 aromatic rings. The van der Waals surface area contributed by atoms with Gasteiger partial charge in [-0.25, -0.2) is 0 Å². The van der Waals surface area contributed by atoms with Gasteiger partial charge in [-0.1, -0.05) is 40.2 Å². The Morgan fingerprint density at radius 1 is 1.33 bits per heavy atom. The minimum atomic E-state index is 0.832. The van der Waals surface area contributed by atoms with Gasteiger partial charge in [0.1, 0.15) is 0 Å². The van der Waals surface area contributed by atoms with Crippen molar-refractivity contribution >= 4 is 0 Å². The van der Waals surface area contributed by atoms with Crippen molar-refractivity contribution in [1.29, 1.82) is 0 Å². The third-order valence-corrected chi connectivity index (χ3v) is 2.34. The van der Waals surface area contributed by atoms with Gasteiger partial charge in [0.2, 0.25) is 0 Å². The fourth-order valence-electron chi connectivity index (χ4n) is 1.27. The lowest BCUT2D eigenvalue weighted by molar-refractivity contribution is 0.445. The molecular weight excluding hydrogens is 146 g/mol. The summed E-state index contributed by atoms with van der Waals surface area (Å²) in [6.45, 7) is 11.7. The van der Waals surface area contributed by atoms with Gasteiger partial charge in [-0.3, -0.25) is 0 Å². The Morgan fingerprint density at radius 3 is 2.42 bits per heavy atom. The lowest BCUT2D eigenvalue weighted by Crippen LogP contribution is -2.21. The molecule has 1 N–H and O–H groups in total. The zero-order valence-corrected chi connectivity index (χ0v) is 8.82. The van der Waals surface area contributed by atoms with Gasteiger partial charge in [0.25, 0.3) is 0 Å². The third kappa shape index (κ3) is 5.22. The Balaban J connectivity index is 3.50. The molecule has 0 aliphatic rings. The maximum atomic E-state index is 3.93. The predicted molar refractivity (Wildman–Crippen MR) is 56.1 cm³/mol. The molecule has 1 atom stereocenters. The zero-order valence-electron chi connectivity index (χ0n) is 8.82. The largest absolute Gasteiger partial charge is 0.389 e. The molecule has 0 saturated carbocycles. The van der Waals surface area contributed by atoms with E-state index in [0.29, 0.717) is 0 Å². The van der Waals surface area contributed by atoms with E-state index < -0.39 is 0 Å². The maximum Gasteiger partial charge on any atom is 0.0172 e. The number of nitrogens with one attached hydrogen (secondary N) is 1.